The SMILES string of the molecule is CC(O)c1cccc(F)c1Oc1cccc(F)c1F. The number of aliphatic hydroxyl groups is 1. The molecule has 1 unspecified atom stereocenters. The molecule has 100 valence electrons. The molecule has 0 spiro atoms. The molecule has 0 saturated heterocycles. The van der Waals surface area contributed by atoms with E-state index in [9.17, 15) is 18.3 Å². The third-order valence-electron chi connectivity index (χ3n) is 2.58. The Morgan fingerprint density at radius 1 is 1.00 bits per heavy atom. The molecule has 0 bridgehead atoms. The smallest absolute Gasteiger partial charge is 0.201 e. The summed E-state index contributed by atoms with van der Waals surface area (Å²) in [5.41, 5.74) is 0.156. The van der Waals surface area contributed by atoms with Crippen LogP contribution < -0.4 is 4.74 Å². The van der Waals surface area contributed by atoms with Gasteiger partial charge < -0.3 is 9.84 Å². The highest BCUT2D eigenvalue weighted by Gasteiger charge is 2.17. The number of rotatable bonds is 3. The van der Waals surface area contributed by atoms with Crippen molar-refractivity contribution in [1.29, 1.82) is 0 Å². The van der Waals surface area contributed by atoms with Crippen molar-refractivity contribution in [1.82, 2.24) is 0 Å². The Kier molecular flexibility index (Phi) is 3.76. The normalized spacial score (nSPS) is 12.3. The molecule has 0 radical (unpaired) electrons. The predicted molar refractivity (Wildman–Crippen MR) is 63.5 cm³/mol. The van der Waals surface area contributed by atoms with Gasteiger partial charge in [-0.2, -0.15) is 4.39 Å². The first-order chi connectivity index (χ1) is 9.00. The van der Waals surface area contributed by atoms with Gasteiger partial charge in [0.25, 0.3) is 0 Å². The minimum absolute atomic E-state index is 0.156. The molecule has 0 fully saturated rings. The van der Waals surface area contributed by atoms with Crippen LogP contribution in [-0.2, 0) is 0 Å². The van der Waals surface area contributed by atoms with Gasteiger partial charge in [-0.3, -0.25) is 0 Å². The van der Waals surface area contributed by atoms with Crippen LogP contribution in [0.4, 0.5) is 13.2 Å². The van der Waals surface area contributed by atoms with E-state index in [1.165, 1.54) is 31.2 Å². The maximum Gasteiger partial charge on any atom is 0.201 e. The fourth-order valence-electron chi connectivity index (χ4n) is 1.63. The van der Waals surface area contributed by atoms with Gasteiger partial charge in [0, 0.05) is 5.56 Å². The number of halogens is 3. The molecule has 0 aliphatic heterocycles. The standard InChI is InChI=1S/C14H11F3O2/c1-8(18)9-4-2-6-11(16)14(9)19-12-7-3-5-10(15)13(12)17/h2-8,18H,1H3. The third-order valence-corrected chi connectivity index (χ3v) is 2.58. The highest BCUT2D eigenvalue weighted by Crippen LogP contribution is 2.33. The van der Waals surface area contributed by atoms with Gasteiger partial charge in [0.1, 0.15) is 0 Å². The van der Waals surface area contributed by atoms with E-state index in [1.807, 2.05) is 0 Å². The lowest BCUT2D eigenvalue weighted by molar-refractivity contribution is 0.194. The second kappa shape index (κ2) is 5.32. The third kappa shape index (κ3) is 2.71. The summed E-state index contributed by atoms with van der Waals surface area (Å²) in [6.45, 7) is 1.42. The molecule has 1 atom stereocenters. The molecule has 0 amide bonds. The van der Waals surface area contributed by atoms with E-state index in [-0.39, 0.29) is 11.3 Å². The second-order valence-electron chi connectivity index (χ2n) is 3.99. The molecular weight excluding hydrogens is 257 g/mol. The van der Waals surface area contributed by atoms with Gasteiger partial charge in [0.2, 0.25) is 5.82 Å². The molecule has 2 aromatic carbocycles. The summed E-state index contributed by atoms with van der Waals surface area (Å²) < 4.78 is 45.2. The minimum Gasteiger partial charge on any atom is -0.451 e. The van der Waals surface area contributed by atoms with Crippen molar-refractivity contribution in [2.45, 2.75) is 13.0 Å². The molecule has 0 heterocycles. The fourth-order valence-corrected chi connectivity index (χ4v) is 1.63. The van der Waals surface area contributed by atoms with E-state index in [0.717, 1.165) is 12.1 Å². The number of para-hydroxylation sites is 1. The van der Waals surface area contributed by atoms with E-state index >= 15 is 0 Å². The van der Waals surface area contributed by atoms with Crippen molar-refractivity contribution in [3.05, 3.63) is 59.4 Å². The molecule has 0 saturated carbocycles. The zero-order chi connectivity index (χ0) is 14.0. The molecular formula is C14H11F3O2. The maximum atomic E-state index is 13.7. The molecule has 2 aromatic rings. The lowest BCUT2D eigenvalue weighted by Gasteiger charge is -2.14. The monoisotopic (exact) mass is 268 g/mol. The summed E-state index contributed by atoms with van der Waals surface area (Å²) in [6, 6.07) is 7.30. The Bertz CT molecular complexity index is 597. The largest absolute Gasteiger partial charge is 0.451 e. The van der Waals surface area contributed by atoms with Crippen molar-refractivity contribution in [2.75, 3.05) is 0 Å². The van der Waals surface area contributed by atoms with Crippen LogP contribution in [0.15, 0.2) is 36.4 Å². The Hall–Kier alpha value is -2.01. The second-order valence-corrected chi connectivity index (χ2v) is 3.99. The molecule has 1 N–H and O–H groups in total. The highest BCUT2D eigenvalue weighted by atomic mass is 19.2. The summed E-state index contributed by atoms with van der Waals surface area (Å²) in [7, 11) is 0. The van der Waals surface area contributed by atoms with Crippen LogP contribution in [0.1, 0.15) is 18.6 Å². The van der Waals surface area contributed by atoms with Gasteiger partial charge in [0.05, 0.1) is 6.10 Å². The van der Waals surface area contributed by atoms with Crippen molar-refractivity contribution < 1.29 is 23.0 Å². The molecule has 0 aliphatic carbocycles. The van der Waals surface area contributed by atoms with Crippen LogP contribution in [-0.4, -0.2) is 5.11 Å². The average Bonchev–Trinajstić information content (AvgIpc) is 2.36. The van der Waals surface area contributed by atoms with Gasteiger partial charge in [-0.05, 0) is 25.1 Å². The lowest BCUT2D eigenvalue weighted by atomic mass is 10.1. The summed E-state index contributed by atoms with van der Waals surface area (Å²) in [5.74, 6) is -3.81. The van der Waals surface area contributed by atoms with Crippen LogP contribution in [0.3, 0.4) is 0 Å². The Labute approximate surface area is 108 Å². The first kappa shape index (κ1) is 13.4. The number of benzene rings is 2. The Morgan fingerprint density at radius 3 is 2.32 bits per heavy atom. The van der Waals surface area contributed by atoms with Gasteiger partial charge >= 0.3 is 0 Å². The van der Waals surface area contributed by atoms with Crippen molar-refractivity contribution >= 4 is 0 Å². The minimum atomic E-state index is -1.21. The summed E-state index contributed by atoms with van der Waals surface area (Å²) in [6.07, 6.45) is -0.998. The van der Waals surface area contributed by atoms with Crippen molar-refractivity contribution in [2.24, 2.45) is 0 Å². The number of aliphatic hydroxyl groups excluding tert-OH is 1. The molecule has 0 aromatic heterocycles. The molecule has 0 aliphatic rings. The van der Waals surface area contributed by atoms with Gasteiger partial charge in [-0.1, -0.05) is 18.2 Å². The summed E-state index contributed by atoms with van der Waals surface area (Å²) in [5, 5.41) is 9.52. The zero-order valence-corrected chi connectivity index (χ0v) is 10.0. The van der Waals surface area contributed by atoms with Gasteiger partial charge in [-0.15, -0.1) is 0 Å². The van der Waals surface area contributed by atoms with Crippen LogP contribution >= 0.6 is 0 Å². The molecule has 19 heavy (non-hydrogen) atoms. The van der Waals surface area contributed by atoms with E-state index in [1.54, 1.807) is 0 Å². The molecule has 5 heteroatoms. The maximum absolute atomic E-state index is 13.7. The van der Waals surface area contributed by atoms with Crippen LogP contribution in [0.25, 0.3) is 0 Å². The number of ether oxygens (including phenoxy) is 1. The van der Waals surface area contributed by atoms with E-state index in [4.69, 9.17) is 4.74 Å². The van der Waals surface area contributed by atoms with Crippen LogP contribution in [0, 0.1) is 17.5 Å². The number of hydrogen-bond acceptors (Lipinski definition) is 2. The molecule has 2 nitrogen and oxygen atoms in total. The fraction of sp³-hybridized carbons (Fsp3) is 0.143. The summed E-state index contributed by atoms with van der Waals surface area (Å²) >= 11 is 0. The number of hydrogen-bond donors (Lipinski definition) is 1. The van der Waals surface area contributed by atoms with E-state index in [0.29, 0.717) is 0 Å². The van der Waals surface area contributed by atoms with Crippen LogP contribution in [0.2, 0.25) is 0 Å². The van der Waals surface area contributed by atoms with E-state index < -0.39 is 29.3 Å². The van der Waals surface area contributed by atoms with Crippen molar-refractivity contribution in [3.8, 4) is 11.5 Å². The zero-order valence-electron chi connectivity index (χ0n) is 10.0. The Balaban J connectivity index is 2.46. The first-order valence-corrected chi connectivity index (χ1v) is 5.59. The quantitative estimate of drug-likeness (QED) is 0.913. The average molecular weight is 268 g/mol. The Morgan fingerprint density at radius 2 is 1.63 bits per heavy atom. The van der Waals surface area contributed by atoms with Crippen LogP contribution in [0.5, 0.6) is 11.5 Å². The topological polar surface area (TPSA) is 29.5 Å². The van der Waals surface area contributed by atoms with Gasteiger partial charge in [0.15, 0.2) is 23.1 Å². The molecule has 2 rings (SSSR count). The van der Waals surface area contributed by atoms with Gasteiger partial charge in [-0.25, -0.2) is 8.78 Å². The van der Waals surface area contributed by atoms with E-state index in [2.05, 4.69) is 0 Å². The van der Waals surface area contributed by atoms with Crippen molar-refractivity contribution in [3.63, 3.8) is 0 Å². The first-order valence-electron chi connectivity index (χ1n) is 5.59. The summed E-state index contributed by atoms with van der Waals surface area (Å²) in [4.78, 5) is 0. The predicted octanol–water partition coefficient (Wildman–Crippen LogP) is 3.95. The lowest BCUT2D eigenvalue weighted by Crippen LogP contribution is -2.00. The highest BCUT2D eigenvalue weighted by molar-refractivity contribution is 5.40.